The second-order valence-electron chi connectivity index (χ2n) is 7.00. The highest BCUT2D eigenvalue weighted by molar-refractivity contribution is 6.27. The van der Waals surface area contributed by atoms with E-state index >= 15 is 0 Å². The van der Waals surface area contributed by atoms with Gasteiger partial charge in [0.05, 0.1) is 0 Å². The van der Waals surface area contributed by atoms with Crippen LogP contribution in [-0.2, 0) is 11.2 Å². The standard InChI is InChI=1S/C24H21ClN2O/c25-13-9-18-1-3-19(4-2-18)17-22-12-16-27(24(22)28)23-7-5-20(6-8-23)21-10-14-26-15-11-21/h1-11,13-15,22H,12,16-17H2/b13-9+. The predicted molar refractivity (Wildman–Crippen MR) is 115 cm³/mol. The third kappa shape index (κ3) is 4.00. The SMILES string of the molecule is O=C1C(Cc2ccc(/C=C/Cl)cc2)CCN1c1ccc(-c2ccncc2)cc1. The molecule has 28 heavy (non-hydrogen) atoms. The summed E-state index contributed by atoms with van der Waals surface area (Å²) >= 11 is 5.62. The monoisotopic (exact) mass is 388 g/mol. The molecule has 2 aromatic carbocycles. The van der Waals surface area contributed by atoms with Gasteiger partial charge in [-0.25, -0.2) is 0 Å². The van der Waals surface area contributed by atoms with Crippen LogP contribution in [0.5, 0.6) is 0 Å². The fourth-order valence-electron chi connectivity index (χ4n) is 3.68. The zero-order valence-corrected chi connectivity index (χ0v) is 16.2. The van der Waals surface area contributed by atoms with Crippen molar-refractivity contribution in [3.8, 4) is 11.1 Å². The van der Waals surface area contributed by atoms with Gasteiger partial charge in [-0.3, -0.25) is 9.78 Å². The van der Waals surface area contributed by atoms with Crippen molar-refractivity contribution in [2.24, 2.45) is 5.92 Å². The number of carbonyl (C=O) groups excluding carboxylic acids is 1. The van der Waals surface area contributed by atoms with Gasteiger partial charge < -0.3 is 4.90 Å². The van der Waals surface area contributed by atoms with Gasteiger partial charge in [0, 0.05) is 36.1 Å². The Labute approximate surface area is 170 Å². The van der Waals surface area contributed by atoms with Gasteiger partial charge in [0.15, 0.2) is 0 Å². The van der Waals surface area contributed by atoms with Crippen molar-refractivity contribution in [1.29, 1.82) is 0 Å². The largest absolute Gasteiger partial charge is 0.312 e. The third-order valence-electron chi connectivity index (χ3n) is 5.23. The molecule has 1 amide bonds. The highest BCUT2D eigenvalue weighted by atomic mass is 35.5. The van der Waals surface area contributed by atoms with Gasteiger partial charge in [-0.15, -0.1) is 0 Å². The van der Waals surface area contributed by atoms with Crippen LogP contribution < -0.4 is 4.90 Å². The number of hydrogen-bond acceptors (Lipinski definition) is 2. The minimum absolute atomic E-state index is 0.0364. The molecule has 140 valence electrons. The molecule has 0 bridgehead atoms. The van der Waals surface area contributed by atoms with E-state index < -0.39 is 0 Å². The van der Waals surface area contributed by atoms with E-state index in [0.29, 0.717) is 0 Å². The summed E-state index contributed by atoms with van der Waals surface area (Å²) in [6.45, 7) is 0.769. The summed E-state index contributed by atoms with van der Waals surface area (Å²) in [5.41, 5.74) is 6.97. The number of nitrogens with zero attached hydrogens (tertiary/aromatic N) is 2. The maximum atomic E-state index is 12.9. The number of hydrogen-bond donors (Lipinski definition) is 0. The van der Waals surface area contributed by atoms with Gasteiger partial charge >= 0.3 is 0 Å². The molecule has 1 aliphatic heterocycles. The van der Waals surface area contributed by atoms with Crippen LogP contribution in [0.25, 0.3) is 17.2 Å². The van der Waals surface area contributed by atoms with E-state index in [0.717, 1.165) is 41.8 Å². The Hall–Kier alpha value is -2.91. The predicted octanol–water partition coefficient (Wildman–Crippen LogP) is 5.55. The zero-order valence-electron chi connectivity index (χ0n) is 15.5. The number of rotatable bonds is 5. The van der Waals surface area contributed by atoms with E-state index in [9.17, 15) is 4.79 Å². The molecular formula is C24H21ClN2O. The maximum absolute atomic E-state index is 12.9. The van der Waals surface area contributed by atoms with E-state index in [1.807, 2.05) is 47.4 Å². The molecule has 0 saturated carbocycles. The second kappa shape index (κ2) is 8.41. The van der Waals surface area contributed by atoms with Crippen molar-refractivity contribution in [1.82, 2.24) is 4.98 Å². The summed E-state index contributed by atoms with van der Waals surface area (Å²) in [5.74, 6) is 0.246. The number of aromatic nitrogens is 1. The van der Waals surface area contributed by atoms with Gasteiger partial charge in [-0.1, -0.05) is 48.0 Å². The minimum atomic E-state index is 0.0364. The topological polar surface area (TPSA) is 33.2 Å². The van der Waals surface area contributed by atoms with Gasteiger partial charge in [-0.05, 0) is 65.4 Å². The first-order valence-electron chi connectivity index (χ1n) is 9.42. The highest BCUT2D eigenvalue weighted by Crippen LogP contribution is 2.29. The van der Waals surface area contributed by atoms with Crippen LogP contribution in [0.2, 0.25) is 0 Å². The lowest BCUT2D eigenvalue weighted by atomic mass is 9.97. The Bertz CT molecular complexity index is 966. The van der Waals surface area contributed by atoms with Crippen molar-refractivity contribution in [2.45, 2.75) is 12.8 Å². The first-order chi connectivity index (χ1) is 13.7. The normalized spacial score (nSPS) is 16.8. The summed E-state index contributed by atoms with van der Waals surface area (Å²) in [7, 11) is 0. The van der Waals surface area contributed by atoms with Crippen LogP contribution in [0.4, 0.5) is 5.69 Å². The summed E-state index contributed by atoms with van der Waals surface area (Å²) in [6, 6.07) is 20.4. The molecule has 4 heteroatoms. The van der Waals surface area contributed by atoms with E-state index in [-0.39, 0.29) is 11.8 Å². The maximum Gasteiger partial charge on any atom is 0.230 e. The molecule has 0 spiro atoms. The smallest absolute Gasteiger partial charge is 0.230 e. The van der Waals surface area contributed by atoms with Gasteiger partial charge in [0.2, 0.25) is 5.91 Å². The summed E-state index contributed by atoms with van der Waals surface area (Å²) in [4.78, 5) is 18.9. The lowest BCUT2D eigenvalue weighted by Crippen LogP contribution is -2.27. The van der Waals surface area contributed by atoms with Crippen LogP contribution in [0, 0.1) is 5.92 Å². The Morgan fingerprint density at radius 2 is 1.64 bits per heavy atom. The molecule has 1 aliphatic rings. The third-order valence-corrected chi connectivity index (χ3v) is 5.35. The number of benzene rings is 2. The molecule has 4 rings (SSSR count). The minimum Gasteiger partial charge on any atom is -0.312 e. The lowest BCUT2D eigenvalue weighted by molar-refractivity contribution is -0.120. The molecule has 1 saturated heterocycles. The van der Waals surface area contributed by atoms with E-state index in [2.05, 4.69) is 29.2 Å². The van der Waals surface area contributed by atoms with Crippen LogP contribution in [0.3, 0.4) is 0 Å². The van der Waals surface area contributed by atoms with Crippen molar-refractivity contribution in [3.05, 3.63) is 89.7 Å². The molecule has 3 nitrogen and oxygen atoms in total. The van der Waals surface area contributed by atoms with Crippen LogP contribution >= 0.6 is 11.6 Å². The van der Waals surface area contributed by atoms with Crippen molar-refractivity contribution in [3.63, 3.8) is 0 Å². The average molecular weight is 389 g/mol. The Morgan fingerprint density at radius 1 is 0.964 bits per heavy atom. The van der Waals surface area contributed by atoms with Crippen LogP contribution in [-0.4, -0.2) is 17.4 Å². The van der Waals surface area contributed by atoms with Crippen molar-refractivity contribution in [2.75, 3.05) is 11.4 Å². The first kappa shape index (κ1) is 18.5. The molecular weight excluding hydrogens is 368 g/mol. The van der Waals surface area contributed by atoms with Crippen molar-refractivity contribution >= 4 is 29.3 Å². The molecule has 0 aliphatic carbocycles. The Kier molecular flexibility index (Phi) is 5.54. The summed E-state index contributed by atoms with van der Waals surface area (Å²) < 4.78 is 0. The molecule has 1 unspecified atom stereocenters. The quantitative estimate of drug-likeness (QED) is 0.573. The van der Waals surface area contributed by atoms with Crippen LogP contribution in [0.15, 0.2) is 78.6 Å². The molecule has 0 radical (unpaired) electrons. The number of pyridine rings is 1. The Balaban J connectivity index is 1.44. The molecule has 0 N–H and O–H groups in total. The second-order valence-corrected chi connectivity index (χ2v) is 7.25. The van der Waals surface area contributed by atoms with Crippen molar-refractivity contribution < 1.29 is 4.79 Å². The van der Waals surface area contributed by atoms with E-state index in [4.69, 9.17) is 11.6 Å². The fourth-order valence-corrected chi connectivity index (χ4v) is 3.83. The molecule has 1 aromatic heterocycles. The highest BCUT2D eigenvalue weighted by Gasteiger charge is 2.32. The fraction of sp³-hybridized carbons (Fsp3) is 0.167. The number of amides is 1. The van der Waals surface area contributed by atoms with E-state index in [1.165, 1.54) is 11.1 Å². The Morgan fingerprint density at radius 3 is 2.32 bits per heavy atom. The van der Waals surface area contributed by atoms with E-state index in [1.54, 1.807) is 12.4 Å². The molecule has 3 aromatic rings. The average Bonchev–Trinajstić information content (AvgIpc) is 3.11. The molecule has 2 heterocycles. The number of anilines is 1. The first-order valence-corrected chi connectivity index (χ1v) is 9.86. The van der Waals surface area contributed by atoms with Gasteiger partial charge in [0.25, 0.3) is 0 Å². The summed E-state index contributed by atoms with van der Waals surface area (Å²) in [6.07, 6.45) is 7.08. The zero-order chi connectivity index (χ0) is 19.3. The van der Waals surface area contributed by atoms with Gasteiger partial charge in [0.1, 0.15) is 0 Å². The molecule has 1 atom stereocenters. The van der Waals surface area contributed by atoms with Crippen LogP contribution in [0.1, 0.15) is 17.5 Å². The lowest BCUT2D eigenvalue weighted by Gasteiger charge is -2.17. The van der Waals surface area contributed by atoms with Gasteiger partial charge in [-0.2, -0.15) is 0 Å². The number of halogens is 1. The number of carbonyl (C=O) groups is 1. The molecule has 1 fully saturated rings. The summed E-state index contributed by atoms with van der Waals surface area (Å²) in [5, 5.41) is 0.